The Morgan fingerprint density at radius 1 is 0.912 bits per heavy atom. The number of benzene rings is 2. The van der Waals surface area contributed by atoms with Gasteiger partial charge in [0.05, 0.1) is 28.1 Å². The number of anilines is 2. The molecule has 0 aliphatic heterocycles. The van der Waals surface area contributed by atoms with Crippen molar-refractivity contribution in [2.75, 3.05) is 11.5 Å². The standard InChI is InChI=1S/C10H12N2O2.C9H10N2O2.2C3H8.CH4/c1-5-7-3-9(11)8(6(2)13)4-10(7)14-12-5;1-5-7-2-6(4-12)8(10)3-9(7)13-11-5;2*1-3-2;/h3-4,6,13H,11H2,1-2H3;2-3,12H,4,10H2,1H3;2*3H2,1-2H3;1H4/i6D;4D2;;;. The summed E-state index contributed by atoms with van der Waals surface area (Å²) in [5, 5.41) is 27.8. The lowest BCUT2D eigenvalue weighted by atomic mass is 10.1. The molecule has 4 rings (SSSR count). The molecule has 1 unspecified atom stereocenters. The van der Waals surface area contributed by atoms with Crippen molar-refractivity contribution in [1.29, 1.82) is 0 Å². The van der Waals surface area contributed by atoms with Gasteiger partial charge in [-0.3, -0.25) is 0 Å². The number of nitrogens with zero attached hydrogens (tertiary/aromatic N) is 2. The summed E-state index contributed by atoms with van der Waals surface area (Å²) in [4.78, 5) is 0. The lowest BCUT2D eigenvalue weighted by molar-refractivity contribution is 0.200. The van der Waals surface area contributed by atoms with Crippen molar-refractivity contribution in [3.63, 3.8) is 0 Å². The number of aliphatic hydroxyl groups is 2. The van der Waals surface area contributed by atoms with Gasteiger partial charge in [-0.15, -0.1) is 0 Å². The molecule has 0 saturated carbocycles. The lowest BCUT2D eigenvalue weighted by Gasteiger charge is -2.07. The molecule has 8 nitrogen and oxygen atoms in total. The van der Waals surface area contributed by atoms with Crippen molar-refractivity contribution in [2.24, 2.45) is 0 Å². The molecular weight excluding hydrogens is 432 g/mol. The van der Waals surface area contributed by atoms with Crippen LogP contribution >= 0.6 is 0 Å². The average molecular weight is 478 g/mol. The Kier molecular flexibility index (Phi) is 11.2. The van der Waals surface area contributed by atoms with E-state index in [1.54, 1.807) is 19.1 Å². The largest absolute Gasteiger partial charge is 0.398 e. The van der Waals surface area contributed by atoms with Crippen LogP contribution in [0, 0.1) is 13.8 Å². The van der Waals surface area contributed by atoms with Crippen LogP contribution in [0.4, 0.5) is 11.4 Å². The molecule has 0 bridgehead atoms. The van der Waals surface area contributed by atoms with Gasteiger partial charge >= 0.3 is 0 Å². The van der Waals surface area contributed by atoms with E-state index in [0.29, 0.717) is 33.5 Å². The summed E-state index contributed by atoms with van der Waals surface area (Å²) < 4.78 is 31.9. The van der Waals surface area contributed by atoms with E-state index in [1.807, 2.05) is 6.92 Å². The SMILES string of the molecule is C.CCC.CCC.[2H]C(C)(O)c1cc2onc(C)c2cc1N.[2H]C([2H])(O)c1cc2c(C)noc2cc1N. The molecule has 8 heteroatoms. The van der Waals surface area contributed by atoms with E-state index >= 15 is 0 Å². The Morgan fingerprint density at radius 3 is 1.79 bits per heavy atom. The van der Waals surface area contributed by atoms with Crippen LogP contribution in [0.15, 0.2) is 33.3 Å². The highest BCUT2D eigenvalue weighted by Crippen LogP contribution is 2.28. The first kappa shape index (κ1) is 25.5. The van der Waals surface area contributed by atoms with Crippen LogP contribution in [0.5, 0.6) is 0 Å². The maximum Gasteiger partial charge on any atom is 0.169 e. The van der Waals surface area contributed by atoms with Gasteiger partial charge in [-0.1, -0.05) is 58.3 Å². The van der Waals surface area contributed by atoms with Gasteiger partial charge in [0.2, 0.25) is 0 Å². The van der Waals surface area contributed by atoms with Gasteiger partial charge in [-0.25, -0.2) is 0 Å². The first-order chi connectivity index (χ1) is 16.6. The summed E-state index contributed by atoms with van der Waals surface area (Å²) in [6, 6.07) is 6.13. The fourth-order valence-corrected chi connectivity index (χ4v) is 2.65. The van der Waals surface area contributed by atoms with Crippen LogP contribution in [0.3, 0.4) is 0 Å². The van der Waals surface area contributed by atoms with Crippen LogP contribution in [0.2, 0.25) is 0 Å². The Balaban J connectivity index is 0.000000566. The third-order valence-corrected chi connectivity index (χ3v) is 4.16. The van der Waals surface area contributed by atoms with E-state index in [4.69, 9.17) is 24.6 Å². The molecule has 2 heterocycles. The fraction of sp³-hybridized carbons (Fsp3) is 0.462. The molecule has 0 amide bonds. The van der Waals surface area contributed by atoms with Gasteiger partial charge < -0.3 is 30.7 Å². The van der Waals surface area contributed by atoms with Crippen LogP contribution in [0.25, 0.3) is 21.9 Å². The van der Waals surface area contributed by atoms with Gasteiger partial charge in [0.15, 0.2) is 11.2 Å². The van der Waals surface area contributed by atoms with Gasteiger partial charge in [0, 0.05) is 39.3 Å². The minimum atomic E-state index is -2.46. The van der Waals surface area contributed by atoms with Crippen molar-refractivity contribution in [3.8, 4) is 0 Å². The number of aromatic nitrogens is 2. The number of hydrogen-bond donors (Lipinski definition) is 4. The number of aryl methyl sites for hydroxylation is 2. The van der Waals surface area contributed by atoms with Gasteiger partial charge in [0.25, 0.3) is 0 Å². The molecule has 1 atom stereocenters. The minimum Gasteiger partial charge on any atom is -0.398 e. The monoisotopic (exact) mass is 477 g/mol. The minimum absolute atomic E-state index is 0. The van der Waals surface area contributed by atoms with E-state index < -0.39 is 12.6 Å². The van der Waals surface area contributed by atoms with Gasteiger partial charge in [0.1, 0.15) is 0 Å². The molecule has 4 aromatic rings. The Labute approximate surface area is 207 Å². The molecule has 0 aliphatic rings. The second kappa shape index (κ2) is 14.9. The molecule has 190 valence electrons. The molecule has 0 radical (unpaired) electrons. The summed E-state index contributed by atoms with van der Waals surface area (Å²) in [5.74, 6) is 0. The van der Waals surface area contributed by atoms with Crippen molar-refractivity contribution in [1.82, 2.24) is 10.3 Å². The highest BCUT2D eigenvalue weighted by Gasteiger charge is 2.11. The Morgan fingerprint density at radius 2 is 1.35 bits per heavy atom. The van der Waals surface area contributed by atoms with Crippen molar-refractivity contribution >= 4 is 33.3 Å². The summed E-state index contributed by atoms with van der Waals surface area (Å²) in [6.45, 7) is 10.9. The maximum atomic E-state index is 9.56. The second-order valence-electron chi connectivity index (χ2n) is 7.52. The molecule has 2 aromatic heterocycles. The van der Waals surface area contributed by atoms with Crippen LogP contribution in [-0.4, -0.2) is 20.5 Å². The topological polar surface area (TPSA) is 145 Å². The summed E-state index contributed by atoms with van der Waals surface area (Å²) >= 11 is 0. The Hall–Kier alpha value is -3.10. The normalized spacial score (nSPS) is 13.4. The molecule has 0 spiro atoms. The van der Waals surface area contributed by atoms with E-state index in [9.17, 15) is 10.2 Å². The van der Waals surface area contributed by atoms with Gasteiger partial charge in [-0.05, 0) is 39.0 Å². The lowest BCUT2D eigenvalue weighted by Crippen LogP contribution is -1.97. The first-order valence-corrected chi connectivity index (χ1v) is 10.9. The zero-order valence-corrected chi connectivity index (χ0v) is 20.5. The highest BCUT2D eigenvalue weighted by molar-refractivity contribution is 5.84. The predicted molar refractivity (Wildman–Crippen MR) is 142 cm³/mol. The van der Waals surface area contributed by atoms with E-state index in [1.165, 1.54) is 31.9 Å². The molecule has 34 heavy (non-hydrogen) atoms. The van der Waals surface area contributed by atoms with Gasteiger partial charge in [-0.2, -0.15) is 0 Å². The maximum absolute atomic E-state index is 9.56. The van der Waals surface area contributed by atoms with E-state index in [-0.39, 0.29) is 18.7 Å². The Bertz CT molecular complexity index is 1260. The molecule has 2 aromatic carbocycles. The first-order valence-electron chi connectivity index (χ1n) is 12.4. The van der Waals surface area contributed by atoms with Crippen LogP contribution < -0.4 is 11.5 Å². The number of fused-ring (bicyclic) bond motifs is 2. The van der Waals surface area contributed by atoms with E-state index in [2.05, 4.69) is 38.0 Å². The summed E-state index contributed by atoms with van der Waals surface area (Å²) in [5.41, 5.74) is 14.6. The number of hydrogen-bond acceptors (Lipinski definition) is 8. The van der Waals surface area contributed by atoms with E-state index in [0.717, 1.165) is 11.1 Å². The van der Waals surface area contributed by atoms with Crippen LogP contribution in [0.1, 0.15) is 87.6 Å². The quantitative estimate of drug-likeness (QED) is 0.241. The molecule has 0 fully saturated rings. The molecular formula is C26H42N4O4. The molecule has 0 aliphatic carbocycles. The number of rotatable bonds is 2. The average Bonchev–Trinajstić information content (AvgIpc) is 3.29. The predicted octanol–water partition coefficient (Wildman–Crippen LogP) is 6.45. The molecule has 0 saturated heterocycles. The van der Waals surface area contributed by atoms with Crippen molar-refractivity contribution in [3.05, 3.63) is 46.8 Å². The smallest absolute Gasteiger partial charge is 0.169 e. The fourth-order valence-electron chi connectivity index (χ4n) is 2.65. The summed E-state index contributed by atoms with van der Waals surface area (Å²) in [6.07, 6.45) is 0.777. The zero-order chi connectivity index (χ0) is 27.8. The van der Waals surface area contributed by atoms with Crippen molar-refractivity contribution < 1.29 is 23.4 Å². The number of nitrogen functional groups attached to an aromatic ring is 2. The third-order valence-electron chi connectivity index (χ3n) is 4.16. The van der Waals surface area contributed by atoms with Crippen molar-refractivity contribution in [2.45, 2.75) is 81.4 Å². The third kappa shape index (κ3) is 8.04. The second-order valence-corrected chi connectivity index (χ2v) is 7.52. The van der Waals surface area contributed by atoms with Crippen LogP contribution in [-0.2, 0) is 6.56 Å². The zero-order valence-electron chi connectivity index (χ0n) is 23.5. The molecule has 6 N–H and O–H groups in total. The highest BCUT2D eigenvalue weighted by atomic mass is 16.5. The summed E-state index contributed by atoms with van der Waals surface area (Å²) in [7, 11) is 0. The number of nitrogens with two attached hydrogens (primary N) is 2.